The Morgan fingerprint density at radius 1 is 1.22 bits per heavy atom. The van der Waals surface area contributed by atoms with Gasteiger partial charge in [0.05, 0.1) is 37.3 Å². The smallest absolute Gasteiger partial charge is 0.232 e. The average Bonchev–Trinajstić information content (AvgIpc) is 3.59. The van der Waals surface area contributed by atoms with Crippen LogP contribution < -0.4 is 10.2 Å². The molecule has 0 aromatic carbocycles. The van der Waals surface area contributed by atoms with Crippen LogP contribution in [-0.4, -0.2) is 47.0 Å². The lowest BCUT2D eigenvalue weighted by molar-refractivity contribution is 0.0872. The Hall–Kier alpha value is -4.18. The van der Waals surface area contributed by atoms with Crippen LogP contribution in [0.1, 0.15) is 32.4 Å². The van der Waals surface area contributed by atoms with Crippen molar-refractivity contribution in [1.29, 1.82) is 5.26 Å². The number of hydrogen-bond acceptors (Lipinski definition) is 11. The second kappa shape index (κ2) is 11.3. The van der Waals surface area contributed by atoms with E-state index in [1.807, 2.05) is 12.1 Å². The van der Waals surface area contributed by atoms with E-state index >= 15 is 0 Å². The van der Waals surface area contributed by atoms with Crippen molar-refractivity contribution in [3.8, 4) is 6.07 Å². The van der Waals surface area contributed by atoms with E-state index < -0.39 is 11.7 Å². The molecule has 1 aliphatic heterocycles. The fourth-order valence-electron chi connectivity index (χ4n) is 3.73. The molecule has 37 heavy (non-hydrogen) atoms. The summed E-state index contributed by atoms with van der Waals surface area (Å²) in [6.07, 6.45) is 2.78. The van der Waals surface area contributed by atoms with E-state index in [0.29, 0.717) is 40.5 Å². The van der Waals surface area contributed by atoms with Gasteiger partial charge in [0.2, 0.25) is 11.7 Å². The summed E-state index contributed by atoms with van der Waals surface area (Å²) in [6.45, 7) is 3.04. The van der Waals surface area contributed by atoms with Gasteiger partial charge in [-0.3, -0.25) is 4.79 Å². The van der Waals surface area contributed by atoms with Crippen LogP contribution in [0, 0.1) is 17.3 Å². The number of ether oxygens (including phenoxy) is 2. The molecule has 0 saturated carbocycles. The van der Waals surface area contributed by atoms with Crippen molar-refractivity contribution in [3.63, 3.8) is 0 Å². The van der Waals surface area contributed by atoms with Gasteiger partial charge in [0, 0.05) is 31.0 Å². The molecule has 1 saturated heterocycles. The Morgan fingerprint density at radius 3 is 2.86 bits per heavy atom. The molecule has 0 aliphatic carbocycles. The molecule has 4 aromatic rings. The Bertz CT molecular complexity index is 1440. The number of halogens is 1. The lowest BCUT2D eigenvalue weighted by Gasteiger charge is -2.29. The number of nitrogens with one attached hydrogen (secondary N) is 1. The van der Waals surface area contributed by atoms with Crippen LogP contribution in [0.25, 0.3) is 0 Å². The molecule has 1 N–H and O–H groups in total. The van der Waals surface area contributed by atoms with Crippen molar-refractivity contribution in [2.45, 2.75) is 13.2 Å². The summed E-state index contributed by atoms with van der Waals surface area (Å²) in [7, 11) is 0. The monoisotopic (exact) mass is 520 g/mol. The first-order valence-corrected chi connectivity index (χ1v) is 12.2. The number of pyridine rings is 2. The number of nitriles is 1. The van der Waals surface area contributed by atoms with Gasteiger partial charge in [-0.2, -0.15) is 9.65 Å². The molecule has 4 aromatic heterocycles. The zero-order valence-electron chi connectivity index (χ0n) is 19.5. The Kier molecular flexibility index (Phi) is 7.46. The van der Waals surface area contributed by atoms with Gasteiger partial charge >= 0.3 is 0 Å². The molecule has 5 rings (SSSR count). The highest BCUT2D eigenvalue weighted by atomic mass is 32.1. The van der Waals surface area contributed by atoms with Crippen molar-refractivity contribution in [2.75, 3.05) is 36.5 Å². The minimum absolute atomic E-state index is 0.00427. The van der Waals surface area contributed by atoms with Gasteiger partial charge in [-0.05, 0) is 30.3 Å². The highest BCUT2D eigenvalue weighted by Crippen LogP contribution is 2.26. The number of nitrogens with zero attached hydrogens (tertiary/aromatic N) is 5. The van der Waals surface area contributed by atoms with Gasteiger partial charge in [-0.1, -0.05) is 11.3 Å². The van der Waals surface area contributed by atoms with Crippen molar-refractivity contribution in [2.24, 2.45) is 0 Å². The molecule has 1 fully saturated rings. The Morgan fingerprint density at radius 2 is 2.08 bits per heavy atom. The first-order valence-electron chi connectivity index (χ1n) is 11.4. The number of carbonyl (C=O) groups is 1. The van der Waals surface area contributed by atoms with E-state index in [2.05, 4.69) is 31.2 Å². The van der Waals surface area contributed by atoms with Crippen LogP contribution in [0.5, 0.6) is 0 Å². The molecule has 12 heteroatoms. The van der Waals surface area contributed by atoms with Crippen LogP contribution in [0.2, 0.25) is 0 Å². The number of ketones is 1. The summed E-state index contributed by atoms with van der Waals surface area (Å²) in [4.78, 5) is 27.5. The summed E-state index contributed by atoms with van der Waals surface area (Å²) < 4.78 is 30.7. The number of carbonyl (C=O) groups excluding carboxylic acids is 1. The number of thiazole rings is 1. The highest BCUT2D eigenvalue weighted by Gasteiger charge is 2.19. The maximum atomic E-state index is 13.8. The van der Waals surface area contributed by atoms with Crippen molar-refractivity contribution < 1.29 is 23.1 Å². The van der Waals surface area contributed by atoms with Gasteiger partial charge in [0.1, 0.15) is 29.1 Å². The molecule has 0 radical (unpaired) electrons. The Labute approximate surface area is 215 Å². The van der Waals surface area contributed by atoms with E-state index in [1.165, 1.54) is 41.9 Å². The summed E-state index contributed by atoms with van der Waals surface area (Å²) >= 11 is 1.24. The predicted molar refractivity (Wildman–Crippen MR) is 132 cm³/mol. The minimum atomic E-state index is -0.848. The van der Waals surface area contributed by atoms with E-state index in [4.69, 9.17) is 19.2 Å². The second-order valence-electron chi connectivity index (χ2n) is 8.00. The molecule has 0 unspecified atom stereocenters. The van der Waals surface area contributed by atoms with Gasteiger partial charge in [0.25, 0.3) is 0 Å². The third-order valence-electron chi connectivity index (χ3n) is 5.47. The van der Waals surface area contributed by atoms with Crippen LogP contribution in [0.3, 0.4) is 0 Å². The number of anilines is 3. The SMILES string of the molecule is N#Cc1cnc(Nc2cc(N3CCOCC3)cc(COCc3ccc(C(=O)c4cccnc4F)o3)n2)s1. The normalized spacial score (nSPS) is 13.4. The zero-order chi connectivity index (χ0) is 25.6. The lowest BCUT2D eigenvalue weighted by Crippen LogP contribution is -2.36. The minimum Gasteiger partial charge on any atom is -0.455 e. The van der Waals surface area contributed by atoms with Crippen LogP contribution in [0.4, 0.5) is 21.0 Å². The third kappa shape index (κ3) is 5.97. The van der Waals surface area contributed by atoms with Crippen molar-refractivity contribution in [3.05, 3.63) is 82.4 Å². The summed E-state index contributed by atoms with van der Waals surface area (Å²) in [5.74, 6) is -0.439. The number of aromatic nitrogens is 3. The highest BCUT2D eigenvalue weighted by molar-refractivity contribution is 7.16. The number of morpholine rings is 1. The molecular weight excluding hydrogens is 499 g/mol. The fourth-order valence-corrected chi connectivity index (χ4v) is 4.35. The van der Waals surface area contributed by atoms with E-state index in [-0.39, 0.29) is 24.5 Å². The largest absolute Gasteiger partial charge is 0.455 e. The van der Waals surface area contributed by atoms with Gasteiger partial charge in [-0.15, -0.1) is 0 Å². The first kappa shape index (κ1) is 24.5. The molecule has 0 amide bonds. The number of hydrogen-bond donors (Lipinski definition) is 1. The molecule has 1 aliphatic rings. The lowest BCUT2D eigenvalue weighted by atomic mass is 10.1. The summed E-state index contributed by atoms with van der Waals surface area (Å²) in [6, 6.07) is 11.9. The fraction of sp³-hybridized carbons (Fsp3) is 0.240. The molecule has 0 atom stereocenters. The first-order chi connectivity index (χ1) is 18.1. The Balaban J connectivity index is 1.27. The molecule has 0 spiro atoms. The van der Waals surface area contributed by atoms with Gasteiger partial charge in [-0.25, -0.2) is 15.0 Å². The maximum Gasteiger partial charge on any atom is 0.232 e. The standard InChI is InChI=1S/C25H21FN6O4S/c26-24-20(2-1-5-28-24)23(33)21-4-3-18(36-21)15-35-14-16-10-17(32-6-8-34-9-7-32)11-22(30-16)31-25-29-13-19(12-27)37-25/h1-5,10-11,13H,6-9,14-15H2,(H,29,30,31). The van der Waals surface area contributed by atoms with E-state index in [0.717, 1.165) is 18.8 Å². The molecular formula is C25H21FN6O4S. The topological polar surface area (TPSA) is 126 Å². The van der Waals surface area contributed by atoms with E-state index in [9.17, 15) is 9.18 Å². The molecule has 0 bridgehead atoms. The second-order valence-corrected chi connectivity index (χ2v) is 9.03. The quantitative estimate of drug-likeness (QED) is 0.255. The van der Waals surface area contributed by atoms with Gasteiger partial charge in [0.15, 0.2) is 10.9 Å². The van der Waals surface area contributed by atoms with Crippen molar-refractivity contribution >= 4 is 33.8 Å². The van der Waals surface area contributed by atoms with Gasteiger partial charge < -0.3 is 24.1 Å². The predicted octanol–water partition coefficient (Wildman–Crippen LogP) is 4.06. The van der Waals surface area contributed by atoms with Crippen LogP contribution in [-0.2, 0) is 22.7 Å². The molecule has 188 valence electrons. The molecule has 5 heterocycles. The average molecular weight is 521 g/mol. The third-order valence-corrected chi connectivity index (χ3v) is 6.29. The molecule has 10 nitrogen and oxygen atoms in total. The van der Waals surface area contributed by atoms with Crippen molar-refractivity contribution in [1.82, 2.24) is 15.0 Å². The zero-order valence-corrected chi connectivity index (χ0v) is 20.3. The van der Waals surface area contributed by atoms with E-state index in [1.54, 1.807) is 6.07 Å². The maximum absolute atomic E-state index is 13.8. The van der Waals surface area contributed by atoms with Crippen LogP contribution in [0.15, 0.2) is 53.2 Å². The summed E-state index contributed by atoms with van der Waals surface area (Å²) in [5.41, 5.74) is 1.47. The number of furan rings is 1. The summed E-state index contributed by atoms with van der Waals surface area (Å²) in [5, 5.41) is 12.8. The van der Waals surface area contributed by atoms with Crippen LogP contribution >= 0.6 is 11.3 Å². The number of rotatable bonds is 9.